The van der Waals surface area contributed by atoms with Gasteiger partial charge in [0.2, 0.25) is 0 Å². The zero-order valence-electron chi connectivity index (χ0n) is 7.15. The van der Waals surface area contributed by atoms with Crippen LogP contribution in [0.15, 0.2) is 6.20 Å². The van der Waals surface area contributed by atoms with Crippen molar-refractivity contribution >= 4 is 17.6 Å². The number of rotatable bonds is 2. The molecule has 1 rings (SSSR count). The molecule has 0 aliphatic rings. The largest absolute Gasteiger partial charge is 0.461 e. The number of nitrogens with zero attached hydrogens (tertiary/aromatic N) is 2. The highest BCUT2D eigenvalue weighted by Crippen LogP contribution is 2.07. The second-order valence-electron chi connectivity index (χ2n) is 2.25. The van der Waals surface area contributed by atoms with Crippen LogP contribution in [-0.4, -0.2) is 22.5 Å². The number of hydrogen-bond donors (Lipinski definition) is 2. The molecule has 1 heterocycles. The molecule has 6 heteroatoms. The van der Waals surface area contributed by atoms with Crippen LogP contribution in [0.3, 0.4) is 0 Å². The van der Waals surface area contributed by atoms with Crippen LogP contribution in [0, 0.1) is 0 Å². The predicted octanol–water partition coefficient (Wildman–Crippen LogP) is -0.182. The van der Waals surface area contributed by atoms with Crippen LogP contribution < -0.4 is 11.5 Å². The van der Waals surface area contributed by atoms with Crippen LogP contribution in [-0.2, 0) is 4.74 Å². The second kappa shape index (κ2) is 3.70. The van der Waals surface area contributed by atoms with Crippen molar-refractivity contribution in [3.8, 4) is 0 Å². The number of anilines is 2. The van der Waals surface area contributed by atoms with Crippen molar-refractivity contribution in [3.05, 3.63) is 11.9 Å². The summed E-state index contributed by atoms with van der Waals surface area (Å²) in [5, 5.41) is 0. The van der Waals surface area contributed by atoms with Gasteiger partial charge in [0.05, 0.1) is 12.8 Å². The van der Waals surface area contributed by atoms with E-state index in [1.807, 2.05) is 0 Å². The van der Waals surface area contributed by atoms with Crippen molar-refractivity contribution in [3.63, 3.8) is 0 Å². The summed E-state index contributed by atoms with van der Waals surface area (Å²) in [5.74, 6) is -0.416. The highest BCUT2D eigenvalue weighted by Gasteiger charge is 2.10. The zero-order valence-corrected chi connectivity index (χ0v) is 7.15. The molecule has 0 aliphatic heterocycles. The quantitative estimate of drug-likeness (QED) is 0.614. The Hall–Kier alpha value is -1.85. The summed E-state index contributed by atoms with van der Waals surface area (Å²) < 4.78 is 4.68. The first-order chi connectivity index (χ1) is 6.15. The lowest BCUT2D eigenvalue weighted by Crippen LogP contribution is -2.10. The van der Waals surface area contributed by atoms with Crippen molar-refractivity contribution < 1.29 is 9.53 Å². The number of hydrogen-bond acceptors (Lipinski definition) is 6. The van der Waals surface area contributed by atoms with Crippen LogP contribution >= 0.6 is 0 Å². The van der Waals surface area contributed by atoms with Crippen LogP contribution in [0.25, 0.3) is 0 Å². The lowest BCUT2D eigenvalue weighted by molar-refractivity contribution is 0.0519. The van der Waals surface area contributed by atoms with Gasteiger partial charge in [-0.05, 0) is 6.92 Å². The Kier molecular flexibility index (Phi) is 2.63. The van der Waals surface area contributed by atoms with Gasteiger partial charge in [0, 0.05) is 0 Å². The van der Waals surface area contributed by atoms with Crippen molar-refractivity contribution in [1.82, 2.24) is 9.97 Å². The van der Waals surface area contributed by atoms with Gasteiger partial charge in [-0.2, -0.15) is 0 Å². The number of carbonyl (C=O) groups is 1. The minimum atomic E-state index is -0.554. The van der Waals surface area contributed by atoms with Crippen molar-refractivity contribution in [1.29, 1.82) is 0 Å². The summed E-state index contributed by atoms with van der Waals surface area (Å²) in [5.41, 5.74) is 10.7. The standard InChI is InChI=1S/C7H10N4O2/c1-2-13-7(12)4-3-10-5(8)6(9)11-4/h3H,2H2,1H3,(H2,8,10)(H2,9,11). The summed E-state index contributed by atoms with van der Waals surface area (Å²) in [7, 11) is 0. The molecule has 0 spiro atoms. The van der Waals surface area contributed by atoms with E-state index in [1.165, 1.54) is 6.20 Å². The molecule has 4 N–H and O–H groups in total. The normalized spacial score (nSPS) is 9.62. The van der Waals surface area contributed by atoms with Crippen molar-refractivity contribution in [2.45, 2.75) is 6.92 Å². The molecule has 0 amide bonds. The SMILES string of the molecule is CCOC(=O)c1cnc(N)c(N)n1. The molecular weight excluding hydrogens is 172 g/mol. The van der Waals surface area contributed by atoms with Crippen LogP contribution in [0.5, 0.6) is 0 Å². The molecule has 70 valence electrons. The Balaban J connectivity index is 2.90. The molecule has 0 saturated heterocycles. The Labute approximate surface area is 74.9 Å². The topological polar surface area (TPSA) is 104 Å². The number of nitrogens with two attached hydrogens (primary N) is 2. The van der Waals surface area contributed by atoms with Gasteiger partial charge >= 0.3 is 5.97 Å². The average molecular weight is 182 g/mol. The van der Waals surface area contributed by atoms with Gasteiger partial charge in [0.25, 0.3) is 0 Å². The minimum Gasteiger partial charge on any atom is -0.461 e. The first-order valence-electron chi connectivity index (χ1n) is 3.70. The Morgan fingerprint density at radius 2 is 2.23 bits per heavy atom. The van der Waals surface area contributed by atoms with E-state index in [-0.39, 0.29) is 23.9 Å². The molecule has 6 nitrogen and oxygen atoms in total. The van der Waals surface area contributed by atoms with E-state index in [1.54, 1.807) is 6.92 Å². The molecule has 1 aromatic heterocycles. The van der Waals surface area contributed by atoms with Gasteiger partial charge in [-0.1, -0.05) is 0 Å². The monoisotopic (exact) mass is 182 g/mol. The molecule has 0 atom stereocenters. The summed E-state index contributed by atoms with van der Waals surface area (Å²) in [6.45, 7) is 1.98. The number of aromatic nitrogens is 2. The zero-order chi connectivity index (χ0) is 9.84. The maximum atomic E-state index is 11.1. The molecular formula is C7H10N4O2. The van der Waals surface area contributed by atoms with Crippen molar-refractivity contribution in [2.24, 2.45) is 0 Å². The molecule has 0 unspecified atom stereocenters. The van der Waals surface area contributed by atoms with E-state index in [4.69, 9.17) is 11.5 Å². The Bertz CT molecular complexity index is 326. The van der Waals surface area contributed by atoms with E-state index in [0.717, 1.165) is 0 Å². The molecule has 0 fully saturated rings. The van der Waals surface area contributed by atoms with Crippen LogP contribution in [0.4, 0.5) is 11.6 Å². The fraction of sp³-hybridized carbons (Fsp3) is 0.286. The fourth-order valence-electron chi connectivity index (χ4n) is 0.716. The first-order valence-corrected chi connectivity index (χ1v) is 3.70. The van der Waals surface area contributed by atoms with E-state index < -0.39 is 5.97 Å². The summed E-state index contributed by atoms with van der Waals surface area (Å²) >= 11 is 0. The number of carbonyl (C=O) groups excluding carboxylic acids is 1. The van der Waals surface area contributed by atoms with E-state index in [2.05, 4.69) is 14.7 Å². The summed E-state index contributed by atoms with van der Waals surface area (Å²) in [6, 6.07) is 0. The lowest BCUT2D eigenvalue weighted by atomic mass is 10.4. The second-order valence-corrected chi connectivity index (χ2v) is 2.25. The third-order valence-electron chi connectivity index (χ3n) is 1.31. The van der Waals surface area contributed by atoms with Gasteiger partial charge in [0.1, 0.15) is 0 Å². The summed E-state index contributed by atoms with van der Waals surface area (Å²) in [4.78, 5) is 18.5. The van der Waals surface area contributed by atoms with Gasteiger partial charge in [0.15, 0.2) is 17.3 Å². The molecule has 0 radical (unpaired) electrons. The van der Waals surface area contributed by atoms with E-state index >= 15 is 0 Å². The lowest BCUT2D eigenvalue weighted by Gasteiger charge is -2.02. The van der Waals surface area contributed by atoms with E-state index in [9.17, 15) is 4.79 Å². The third-order valence-corrected chi connectivity index (χ3v) is 1.31. The van der Waals surface area contributed by atoms with Gasteiger partial charge in [-0.15, -0.1) is 0 Å². The predicted molar refractivity (Wildman–Crippen MR) is 46.8 cm³/mol. The average Bonchev–Trinajstić information content (AvgIpc) is 2.10. The van der Waals surface area contributed by atoms with E-state index in [0.29, 0.717) is 0 Å². The maximum Gasteiger partial charge on any atom is 0.358 e. The first kappa shape index (κ1) is 9.24. The van der Waals surface area contributed by atoms with Crippen molar-refractivity contribution in [2.75, 3.05) is 18.1 Å². The number of ether oxygens (including phenoxy) is 1. The minimum absolute atomic E-state index is 0.0329. The number of nitrogen functional groups attached to an aromatic ring is 2. The maximum absolute atomic E-state index is 11.1. The summed E-state index contributed by atoms with van der Waals surface area (Å²) in [6.07, 6.45) is 1.23. The number of esters is 1. The van der Waals surface area contributed by atoms with Crippen LogP contribution in [0.1, 0.15) is 17.4 Å². The fourth-order valence-corrected chi connectivity index (χ4v) is 0.716. The molecule has 0 aromatic carbocycles. The van der Waals surface area contributed by atoms with Crippen LogP contribution in [0.2, 0.25) is 0 Å². The molecule has 0 bridgehead atoms. The highest BCUT2D eigenvalue weighted by molar-refractivity contribution is 5.87. The third kappa shape index (κ3) is 2.05. The Morgan fingerprint density at radius 3 is 2.77 bits per heavy atom. The molecule has 1 aromatic rings. The van der Waals surface area contributed by atoms with Gasteiger partial charge in [-0.3, -0.25) is 0 Å². The highest BCUT2D eigenvalue weighted by atomic mass is 16.5. The molecule has 13 heavy (non-hydrogen) atoms. The Morgan fingerprint density at radius 1 is 1.54 bits per heavy atom. The smallest absolute Gasteiger partial charge is 0.358 e. The molecule has 0 aliphatic carbocycles. The van der Waals surface area contributed by atoms with Gasteiger partial charge in [-0.25, -0.2) is 14.8 Å². The molecule has 0 saturated carbocycles. The van der Waals surface area contributed by atoms with Gasteiger partial charge < -0.3 is 16.2 Å².